The highest BCUT2D eigenvalue weighted by Crippen LogP contribution is 2.38. The van der Waals surface area contributed by atoms with Crippen molar-refractivity contribution in [1.29, 1.82) is 5.26 Å². The second-order valence-corrected chi connectivity index (χ2v) is 8.68. The minimum atomic E-state index is -0.424. The molecule has 2 aromatic heterocycles. The summed E-state index contributed by atoms with van der Waals surface area (Å²) >= 11 is 0. The molecule has 8 nitrogen and oxygen atoms in total. The lowest BCUT2D eigenvalue weighted by atomic mass is 9.96. The van der Waals surface area contributed by atoms with Gasteiger partial charge in [-0.15, -0.1) is 0 Å². The molecule has 2 fully saturated rings. The number of hydrogen-bond donors (Lipinski definition) is 2. The number of carbonyl (C=O) groups is 1. The summed E-state index contributed by atoms with van der Waals surface area (Å²) in [5, 5.41) is 20.3. The Labute approximate surface area is 177 Å². The number of nitrogens with zero attached hydrogens (tertiary/aromatic N) is 4. The molecule has 2 heterocycles. The zero-order valence-corrected chi connectivity index (χ0v) is 18.0. The summed E-state index contributed by atoms with van der Waals surface area (Å²) in [5.74, 6) is 1.64. The van der Waals surface area contributed by atoms with Gasteiger partial charge in [0.05, 0.1) is 17.6 Å². The van der Waals surface area contributed by atoms with E-state index in [0.717, 1.165) is 49.8 Å². The van der Waals surface area contributed by atoms with Crippen molar-refractivity contribution in [2.75, 3.05) is 11.9 Å². The number of aryl methyl sites for hydroxylation is 1. The van der Waals surface area contributed by atoms with Crippen LogP contribution in [0, 0.1) is 32.1 Å². The van der Waals surface area contributed by atoms with Gasteiger partial charge >= 0.3 is 0 Å². The molecule has 1 amide bonds. The lowest BCUT2D eigenvalue weighted by molar-refractivity contribution is -0.115. The molecule has 0 atom stereocenters. The Morgan fingerprint density at radius 1 is 1.23 bits per heavy atom. The summed E-state index contributed by atoms with van der Waals surface area (Å²) < 4.78 is 7.36. The molecule has 0 unspecified atom stereocenters. The molecule has 2 aliphatic carbocycles. The van der Waals surface area contributed by atoms with Gasteiger partial charge in [0, 0.05) is 18.7 Å². The second-order valence-electron chi connectivity index (χ2n) is 8.68. The maximum atomic E-state index is 12.9. The fourth-order valence-corrected chi connectivity index (χ4v) is 5.08. The van der Waals surface area contributed by atoms with Crippen LogP contribution in [0.3, 0.4) is 0 Å². The van der Waals surface area contributed by atoms with E-state index in [9.17, 15) is 10.1 Å². The highest BCUT2D eigenvalue weighted by Gasteiger charge is 2.40. The van der Waals surface area contributed by atoms with Crippen molar-refractivity contribution in [3.05, 3.63) is 28.5 Å². The minimum Gasteiger partial charge on any atom is -0.340 e. The van der Waals surface area contributed by atoms with Crippen LogP contribution in [-0.2, 0) is 10.3 Å². The second kappa shape index (κ2) is 8.23. The van der Waals surface area contributed by atoms with E-state index < -0.39 is 5.54 Å². The summed E-state index contributed by atoms with van der Waals surface area (Å²) in [6.45, 7) is 5.90. The molecule has 2 saturated carbocycles. The minimum absolute atomic E-state index is 0.131. The molecule has 4 rings (SSSR count). The molecule has 0 saturated heterocycles. The molecule has 30 heavy (non-hydrogen) atoms. The van der Waals surface area contributed by atoms with Crippen LogP contribution in [0.5, 0.6) is 0 Å². The summed E-state index contributed by atoms with van der Waals surface area (Å²) in [6.07, 6.45) is 8.41. The molecule has 0 aromatic carbocycles. The first-order valence-electron chi connectivity index (χ1n) is 10.9. The molecule has 160 valence electrons. The third kappa shape index (κ3) is 3.63. The molecular weight excluding hydrogens is 380 g/mol. The van der Waals surface area contributed by atoms with Gasteiger partial charge in [0.15, 0.2) is 5.82 Å². The van der Waals surface area contributed by atoms with Crippen LogP contribution in [0.2, 0.25) is 0 Å². The fraction of sp³-hybridized carbons (Fsp3) is 0.636. The Morgan fingerprint density at radius 2 is 1.93 bits per heavy atom. The van der Waals surface area contributed by atoms with E-state index >= 15 is 0 Å². The first-order valence-corrected chi connectivity index (χ1v) is 10.9. The third-order valence-corrected chi connectivity index (χ3v) is 6.82. The van der Waals surface area contributed by atoms with Gasteiger partial charge in [-0.3, -0.25) is 10.1 Å². The molecule has 8 heteroatoms. The van der Waals surface area contributed by atoms with Gasteiger partial charge < -0.3 is 14.4 Å². The predicted octanol–water partition coefficient (Wildman–Crippen LogP) is 3.78. The molecule has 0 bridgehead atoms. The number of anilines is 1. The van der Waals surface area contributed by atoms with E-state index in [4.69, 9.17) is 4.52 Å². The molecular formula is C22H30N6O2. The van der Waals surface area contributed by atoms with E-state index in [0.29, 0.717) is 29.1 Å². The van der Waals surface area contributed by atoms with Crippen LogP contribution in [0.15, 0.2) is 4.52 Å². The maximum Gasteiger partial charge on any atom is 0.239 e. The number of rotatable bonds is 6. The maximum absolute atomic E-state index is 12.9. The summed E-state index contributed by atoms with van der Waals surface area (Å²) in [6, 6.07) is 2.64. The number of hydrogen-bond acceptors (Lipinski definition) is 6. The van der Waals surface area contributed by atoms with Gasteiger partial charge in [-0.2, -0.15) is 10.2 Å². The molecule has 0 spiro atoms. The standard InChI is InChI=1S/C22H30N6O2/c1-14-15(2)28(17-8-4-5-9-17)20(18(14)12-23)26-19(29)13-24-22(10-6-7-11-22)21-25-16(3)30-27-21/h17,24H,4-11,13H2,1-3H3,(H,26,29). The van der Waals surface area contributed by atoms with Crippen molar-refractivity contribution in [2.45, 2.75) is 83.7 Å². The van der Waals surface area contributed by atoms with E-state index in [1.54, 1.807) is 6.92 Å². The zero-order chi connectivity index (χ0) is 21.3. The van der Waals surface area contributed by atoms with Crippen molar-refractivity contribution in [1.82, 2.24) is 20.0 Å². The average Bonchev–Trinajstić information content (AvgIpc) is 3.51. The Morgan fingerprint density at radius 3 is 2.53 bits per heavy atom. The Balaban J connectivity index is 1.53. The van der Waals surface area contributed by atoms with Crippen LogP contribution in [0.4, 0.5) is 5.82 Å². The average molecular weight is 411 g/mol. The Kier molecular flexibility index (Phi) is 5.65. The monoisotopic (exact) mass is 410 g/mol. The molecule has 2 aromatic rings. The summed E-state index contributed by atoms with van der Waals surface area (Å²) in [4.78, 5) is 17.4. The van der Waals surface area contributed by atoms with E-state index in [1.807, 2.05) is 13.8 Å². The number of nitriles is 1. The van der Waals surface area contributed by atoms with Crippen LogP contribution < -0.4 is 10.6 Å². The van der Waals surface area contributed by atoms with Gasteiger partial charge in [-0.25, -0.2) is 0 Å². The van der Waals surface area contributed by atoms with Gasteiger partial charge in [0.1, 0.15) is 11.9 Å². The van der Waals surface area contributed by atoms with Crippen molar-refractivity contribution in [3.8, 4) is 6.07 Å². The largest absolute Gasteiger partial charge is 0.340 e. The number of nitrogens with one attached hydrogen (secondary N) is 2. The van der Waals surface area contributed by atoms with Gasteiger partial charge in [-0.1, -0.05) is 30.8 Å². The lowest BCUT2D eigenvalue weighted by Crippen LogP contribution is -2.45. The first-order chi connectivity index (χ1) is 14.4. The third-order valence-electron chi connectivity index (χ3n) is 6.82. The van der Waals surface area contributed by atoms with Crippen LogP contribution in [0.25, 0.3) is 0 Å². The molecule has 0 radical (unpaired) electrons. The van der Waals surface area contributed by atoms with Crippen molar-refractivity contribution in [3.63, 3.8) is 0 Å². The molecule has 0 aliphatic heterocycles. The number of aromatic nitrogens is 3. The summed E-state index contributed by atoms with van der Waals surface area (Å²) in [7, 11) is 0. The van der Waals surface area contributed by atoms with Crippen LogP contribution in [0.1, 0.15) is 85.9 Å². The number of amides is 1. The highest BCUT2D eigenvalue weighted by molar-refractivity contribution is 5.93. The zero-order valence-electron chi connectivity index (χ0n) is 18.0. The van der Waals surface area contributed by atoms with E-state index in [-0.39, 0.29) is 12.5 Å². The van der Waals surface area contributed by atoms with E-state index in [2.05, 4.69) is 31.4 Å². The normalized spacial score (nSPS) is 18.6. The van der Waals surface area contributed by atoms with E-state index in [1.165, 1.54) is 12.8 Å². The topological polar surface area (TPSA) is 109 Å². The SMILES string of the molecule is Cc1nc(C2(NCC(=O)Nc3c(C#N)c(C)c(C)n3C3CCCC3)CCCC2)no1. The van der Waals surface area contributed by atoms with Gasteiger partial charge in [0.25, 0.3) is 0 Å². The Bertz CT molecular complexity index is 971. The fourth-order valence-electron chi connectivity index (χ4n) is 5.08. The van der Waals surface area contributed by atoms with Gasteiger partial charge in [-0.05, 0) is 45.1 Å². The smallest absolute Gasteiger partial charge is 0.239 e. The highest BCUT2D eigenvalue weighted by atomic mass is 16.5. The Hall–Kier alpha value is -2.66. The summed E-state index contributed by atoms with van der Waals surface area (Å²) in [5.41, 5.74) is 2.16. The van der Waals surface area contributed by atoms with Gasteiger partial charge in [0.2, 0.25) is 11.8 Å². The lowest BCUT2D eigenvalue weighted by Gasteiger charge is -2.26. The number of carbonyl (C=O) groups excluding carboxylic acids is 1. The van der Waals surface area contributed by atoms with Crippen molar-refractivity contribution < 1.29 is 9.32 Å². The predicted molar refractivity (Wildman–Crippen MR) is 112 cm³/mol. The molecule has 2 aliphatic rings. The van der Waals surface area contributed by atoms with Crippen molar-refractivity contribution in [2.24, 2.45) is 0 Å². The first kappa shape index (κ1) is 20.6. The molecule has 2 N–H and O–H groups in total. The van der Waals surface area contributed by atoms with Crippen molar-refractivity contribution >= 4 is 11.7 Å². The quantitative estimate of drug-likeness (QED) is 0.750. The van der Waals surface area contributed by atoms with Crippen LogP contribution in [-0.4, -0.2) is 27.2 Å². The van der Waals surface area contributed by atoms with Crippen LogP contribution >= 0.6 is 0 Å².